The Kier molecular flexibility index (Phi) is 5.55. The minimum atomic E-state index is -1.02. The van der Waals surface area contributed by atoms with Gasteiger partial charge in [0, 0.05) is 25.2 Å². The van der Waals surface area contributed by atoms with E-state index in [1.165, 1.54) is 6.07 Å². The van der Waals surface area contributed by atoms with Crippen molar-refractivity contribution in [2.24, 2.45) is 0 Å². The van der Waals surface area contributed by atoms with Gasteiger partial charge in [0.25, 0.3) is 5.91 Å². The van der Waals surface area contributed by atoms with Crippen LogP contribution in [0.5, 0.6) is 0 Å². The summed E-state index contributed by atoms with van der Waals surface area (Å²) in [4.78, 5) is 14.5. The van der Waals surface area contributed by atoms with Gasteiger partial charge >= 0.3 is 0 Å². The van der Waals surface area contributed by atoms with Gasteiger partial charge in [-0.3, -0.25) is 9.69 Å². The predicted molar refractivity (Wildman–Crippen MR) is 88.1 cm³/mol. The molecule has 1 N–H and O–H groups in total. The molecule has 1 fully saturated rings. The Bertz CT molecular complexity index is 688. The molecule has 4 nitrogen and oxygen atoms in total. The number of nitrogens with zero attached hydrogens (tertiary/aromatic N) is 1. The van der Waals surface area contributed by atoms with Crippen LogP contribution < -0.4 is 5.32 Å². The number of nitrogens with one attached hydrogen (secondary N) is 1. The Hall–Kier alpha value is -1.83. The Morgan fingerprint density at radius 1 is 1.25 bits per heavy atom. The largest absolute Gasteiger partial charge is 0.379 e. The highest BCUT2D eigenvalue weighted by atomic mass is 32.1. The van der Waals surface area contributed by atoms with Gasteiger partial charge in [-0.1, -0.05) is 0 Å². The molecule has 1 aromatic carbocycles. The second kappa shape index (κ2) is 7.83. The molecular formula is C17H18F2N2O2S. The van der Waals surface area contributed by atoms with E-state index in [0.29, 0.717) is 19.8 Å². The topological polar surface area (TPSA) is 41.6 Å². The van der Waals surface area contributed by atoms with E-state index in [0.717, 1.165) is 30.8 Å². The third-order valence-corrected chi connectivity index (χ3v) is 4.75. The minimum Gasteiger partial charge on any atom is -0.379 e. The van der Waals surface area contributed by atoms with Crippen molar-refractivity contribution in [3.05, 3.63) is 57.8 Å². The summed E-state index contributed by atoms with van der Waals surface area (Å²) < 4.78 is 31.6. The summed E-state index contributed by atoms with van der Waals surface area (Å²) in [5.41, 5.74) is 1.24. The van der Waals surface area contributed by atoms with Gasteiger partial charge in [0.1, 0.15) is 0 Å². The molecule has 0 bridgehead atoms. The number of carbonyl (C=O) groups excluding carboxylic acids is 1. The van der Waals surface area contributed by atoms with Crippen LogP contribution in [0, 0.1) is 11.6 Å². The van der Waals surface area contributed by atoms with Crippen molar-refractivity contribution >= 4 is 17.2 Å². The number of hydrogen-bond donors (Lipinski definition) is 1. The molecule has 0 radical (unpaired) electrons. The van der Waals surface area contributed by atoms with Crippen LogP contribution in [0.2, 0.25) is 0 Å². The number of morpholine rings is 1. The lowest BCUT2D eigenvalue weighted by molar-refractivity contribution is 0.0163. The average Bonchev–Trinajstić information content (AvgIpc) is 3.12. The van der Waals surface area contributed by atoms with Crippen LogP contribution in [-0.2, 0) is 4.74 Å². The molecule has 0 saturated carbocycles. The van der Waals surface area contributed by atoms with E-state index in [2.05, 4.69) is 15.6 Å². The van der Waals surface area contributed by atoms with Gasteiger partial charge < -0.3 is 10.1 Å². The van der Waals surface area contributed by atoms with Crippen LogP contribution >= 0.6 is 11.3 Å². The number of benzene rings is 1. The molecular weight excluding hydrogens is 334 g/mol. The molecule has 1 aliphatic rings. The molecule has 1 amide bonds. The van der Waals surface area contributed by atoms with Crippen molar-refractivity contribution in [1.29, 1.82) is 0 Å². The highest BCUT2D eigenvalue weighted by Crippen LogP contribution is 2.23. The van der Waals surface area contributed by atoms with Gasteiger partial charge in [-0.15, -0.1) is 0 Å². The van der Waals surface area contributed by atoms with Gasteiger partial charge in [0.05, 0.1) is 19.3 Å². The number of halogens is 2. The fourth-order valence-electron chi connectivity index (χ4n) is 2.74. The monoisotopic (exact) mass is 352 g/mol. The molecule has 1 saturated heterocycles. The number of hydrogen-bond acceptors (Lipinski definition) is 4. The van der Waals surface area contributed by atoms with Crippen LogP contribution in [0.25, 0.3) is 0 Å². The lowest BCUT2D eigenvalue weighted by Gasteiger charge is -2.34. The number of rotatable bonds is 5. The highest BCUT2D eigenvalue weighted by Gasteiger charge is 2.23. The molecule has 0 spiro atoms. The van der Waals surface area contributed by atoms with Gasteiger partial charge in [0.15, 0.2) is 11.6 Å². The van der Waals surface area contributed by atoms with Crippen molar-refractivity contribution in [3.63, 3.8) is 0 Å². The van der Waals surface area contributed by atoms with Gasteiger partial charge in [-0.2, -0.15) is 11.3 Å². The SMILES string of the molecule is O=C(NC[C@@H](c1ccsc1)N1CCOCC1)c1ccc(F)c(F)c1. The van der Waals surface area contributed by atoms with E-state index in [4.69, 9.17) is 4.74 Å². The standard InChI is InChI=1S/C17H18F2N2O2S/c18-14-2-1-12(9-15(14)19)17(22)20-10-16(13-3-8-24-11-13)21-4-6-23-7-5-21/h1-3,8-9,11,16H,4-7,10H2,(H,20,22)/t16-/m0/s1. The van der Waals surface area contributed by atoms with Crippen LogP contribution in [0.1, 0.15) is 22.0 Å². The molecule has 2 heterocycles. The number of ether oxygens (including phenoxy) is 1. The highest BCUT2D eigenvalue weighted by molar-refractivity contribution is 7.07. The fourth-order valence-corrected chi connectivity index (χ4v) is 3.45. The summed E-state index contributed by atoms with van der Waals surface area (Å²) in [6.45, 7) is 3.31. The quantitative estimate of drug-likeness (QED) is 0.900. The molecule has 24 heavy (non-hydrogen) atoms. The number of thiophene rings is 1. The second-order valence-electron chi connectivity index (χ2n) is 5.56. The maximum atomic E-state index is 13.3. The zero-order valence-electron chi connectivity index (χ0n) is 13.0. The second-order valence-corrected chi connectivity index (χ2v) is 6.34. The summed E-state index contributed by atoms with van der Waals surface area (Å²) in [6, 6.07) is 5.23. The molecule has 1 aromatic heterocycles. The zero-order chi connectivity index (χ0) is 16.9. The molecule has 2 aromatic rings. The van der Waals surface area contributed by atoms with Gasteiger partial charge in [0.2, 0.25) is 0 Å². The minimum absolute atomic E-state index is 0.0365. The molecule has 3 rings (SSSR count). The molecule has 0 unspecified atom stereocenters. The maximum absolute atomic E-state index is 13.3. The average molecular weight is 352 g/mol. The summed E-state index contributed by atoms with van der Waals surface area (Å²) >= 11 is 1.60. The van der Waals surface area contributed by atoms with Crippen molar-refractivity contribution in [2.75, 3.05) is 32.8 Å². The molecule has 128 valence electrons. The first kappa shape index (κ1) is 17.0. The summed E-state index contributed by atoms with van der Waals surface area (Å²) in [7, 11) is 0. The fraction of sp³-hybridized carbons (Fsp3) is 0.353. The first-order chi connectivity index (χ1) is 11.6. The number of carbonyl (C=O) groups is 1. The molecule has 1 aliphatic heterocycles. The van der Waals surface area contributed by atoms with Crippen molar-refractivity contribution < 1.29 is 18.3 Å². The summed E-state index contributed by atoms with van der Waals surface area (Å²) in [5, 5.41) is 6.88. The van der Waals surface area contributed by atoms with E-state index in [-0.39, 0.29) is 11.6 Å². The lowest BCUT2D eigenvalue weighted by Crippen LogP contribution is -2.43. The zero-order valence-corrected chi connectivity index (χ0v) is 13.8. The number of amides is 1. The van der Waals surface area contributed by atoms with E-state index in [9.17, 15) is 13.6 Å². The molecule has 7 heteroatoms. The Morgan fingerprint density at radius 2 is 2.04 bits per heavy atom. The first-order valence-corrected chi connectivity index (χ1v) is 8.66. The van der Waals surface area contributed by atoms with Crippen molar-refractivity contribution in [1.82, 2.24) is 10.2 Å². The Morgan fingerprint density at radius 3 is 2.71 bits per heavy atom. The van der Waals surface area contributed by atoms with E-state index in [1.54, 1.807) is 11.3 Å². The van der Waals surface area contributed by atoms with Crippen LogP contribution in [0.3, 0.4) is 0 Å². The van der Waals surface area contributed by atoms with Crippen LogP contribution in [0.15, 0.2) is 35.0 Å². The third-order valence-electron chi connectivity index (χ3n) is 4.05. The van der Waals surface area contributed by atoms with Crippen LogP contribution in [-0.4, -0.2) is 43.7 Å². The van der Waals surface area contributed by atoms with E-state index >= 15 is 0 Å². The third kappa shape index (κ3) is 3.98. The Balaban J connectivity index is 1.68. The Labute approximate surface area is 143 Å². The van der Waals surface area contributed by atoms with Crippen molar-refractivity contribution in [2.45, 2.75) is 6.04 Å². The van der Waals surface area contributed by atoms with E-state index in [1.807, 2.05) is 11.4 Å². The van der Waals surface area contributed by atoms with Gasteiger partial charge in [-0.25, -0.2) is 8.78 Å². The first-order valence-electron chi connectivity index (χ1n) is 7.72. The van der Waals surface area contributed by atoms with Crippen molar-refractivity contribution in [3.8, 4) is 0 Å². The molecule has 1 atom stereocenters. The normalized spacial score (nSPS) is 16.8. The van der Waals surface area contributed by atoms with Crippen LogP contribution in [0.4, 0.5) is 8.78 Å². The summed E-state index contributed by atoms with van der Waals surface area (Å²) in [6.07, 6.45) is 0. The summed E-state index contributed by atoms with van der Waals surface area (Å²) in [5.74, 6) is -2.40. The molecule has 0 aliphatic carbocycles. The maximum Gasteiger partial charge on any atom is 0.251 e. The van der Waals surface area contributed by atoms with Gasteiger partial charge in [-0.05, 0) is 40.6 Å². The smallest absolute Gasteiger partial charge is 0.251 e. The predicted octanol–water partition coefficient (Wildman–Crippen LogP) is 2.83. The van der Waals surface area contributed by atoms with E-state index < -0.39 is 17.5 Å². The lowest BCUT2D eigenvalue weighted by atomic mass is 10.1.